The zero-order valence-corrected chi connectivity index (χ0v) is 19.9. The van der Waals surface area contributed by atoms with Crippen LogP contribution in [0.15, 0.2) is 18.2 Å². The van der Waals surface area contributed by atoms with Crippen molar-refractivity contribution in [3.63, 3.8) is 0 Å². The summed E-state index contributed by atoms with van der Waals surface area (Å²) in [6.45, 7) is 3.71. The number of piperidine rings is 1. The van der Waals surface area contributed by atoms with E-state index in [9.17, 15) is 4.79 Å². The van der Waals surface area contributed by atoms with Crippen molar-refractivity contribution in [3.8, 4) is 11.5 Å². The topological polar surface area (TPSA) is 51.2 Å². The van der Waals surface area contributed by atoms with Crippen molar-refractivity contribution in [2.75, 3.05) is 40.4 Å². The van der Waals surface area contributed by atoms with E-state index in [-0.39, 0.29) is 18.1 Å². The molecule has 0 N–H and O–H groups in total. The van der Waals surface area contributed by atoms with Crippen LogP contribution >= 0.6 is 0 Å². The normalized spacial score (nSPS) is 23.2. The third-order valence-corrected chi connectivity index (χ3v) is 7.44. The van der Waals surface area contributed by atoms with Crippen molar-refractivity contribution >= 4 is 5.91 Å². The standard InChI is InChI=1S/C26H40N2O4/c1-27(15-12-21-9-5-6-18-31-21)26(29)24-19-23(30-2)10-11-25(24)32-22-13-16-28(17-14-22)20-7-3-4-8-20/h10-11,19-22H,3-9,12-18H2,1-2H3/t21-/m1/s1. The summed E-state index contributed by atoms with van der Waals surface area (Å²) in [4.78, 5) is 17.8. The summed E-state index contributed by atoms with van der Waals surface area (Å²) in [5, 5.41) is 0. The highest BCUT2D eigenvalue weighted by Gasteiger charge is 2.29. The third-order valence-electron chi connectivity index (χ3n) is 7.44. The Labute approximate surface area is 193 Å². The van der Waals surface area contributed by atoms with E-state index in [1.165, 1.54) is 32.1 Å². The lowest BCUT2D eigenvalue weighted by Crippen LogP contribution is -2.43. The molecule has 0 radical (unpaired) electrons. The molecule has 1 aromatic carbocycles. The van der Waals surface area contributed by atoms with Crippen molar-refractivity contribution in [1.82, 2.24) is 9.80 Å². The Balaban J connectivity index is 1.36. The fourth-order valence-corrected chi connectivity index (χ4v) is 5.39. The van der Waals surface area contributed by atoms with Crippen LogP contribution in [0.1, 0.15) is 74.6 Å². The maximum Gasteiger partial charge on any atom is 0.257 e. The number of amides is 1. The molecule has 3 aliphatic rings. The predicted molar refractivity (Wildman–Crippen MR) is 126 cm³/mol. The van der Waals surface area contributed by atoms with Crippen LogP contribution in [-0.4, -0.2) is 74.4 Å². The third kappa shape index (κ3) is 5.96. The minimum absolute atomic E-state index is 0.0156. The lowest BCUT2D eigenvalue weighted by Gasteiger charge is -2.36. The minimum atomic E-state index is -0.0156. The molecule has 2 heterocycles. The van der Waals surface area contributed by atoms with Gasteiger partial charge >= 0.3 is 0 Å². The fraction of sp³-hybridized carbons (Fsp3) is 0.731. The number of hydrogen-bond donors (Lipinski definition) is 0. The minimum Gasteiger partial charge on any atom is -0.497 e. The first-order valence-electron chi connectivity index (χ1n) is 12.6. The van der Waals surface area contributed by atoms with E-state index in [1.807, 2.05) is 25.2 Å². The van der Waals surface area contributed by atoms with Crippen molar-refractivity contribution in [3.05, 3.63) is 23.8 Å². The molecule has 1 aliphatic carbocycles. The van der Waals surface area contributed by atoms with Crippen LogP contribution in [0.2, 0.25) is 0 Å². The second-order valence-corrected chi connectivity index (χ2v) is 9.66. The zero-order chi connectivity index (χ0) is 22.3. The second-order valence-electron chi connectivity index (χ2n) is 9.66. The molecule has 6 nitrogen and oxygen atoms in total. The lowest BCUT2D eigenvalue weighted by molar-refractivity contribution is 0.00705. The Kier molecular flexibility index (Phi) is 8.31. The van der Waals surface area contributed by atoms with Gasteiger partial charge in [-0.2, -0.15) is 0 Å². The van der Waals surface area contributed by atoms with Gasteiger partial charge in [-0.15, -0.1) is 0 Å². The molecule has 32 heavy (non-hydrogen) atoms. The number of nitrogens with zero attached hydrogens (tertiary/aromatic N) is 2. The average Bonchev–Trinajstić information content (AvgIpc) is 3.38. The Hall–Kier alpha value is -1.79. The van der Waals surface area contributed by atoms with Crippen molar-refractivity contribution in [2.45, 2.75) is 82.5 Å². The fourth-order valence-electron chi connectivity index (χ4n) is 5.39. The number of rotatable bonds is 8. The first-order valence-corrected chi connectivity index (χ1v) is 12.6. The number of likely N-dealkylation sites (tertiary alicyclic amines) is 1. The molecule has 0 unspecified atom stereocenters. The molecule has 3 fully saturated rings. The lowest BCUT2D eigenvalue weighted by atomic mass is 10.0. The van der Waals surface area contributed by atoms with Gasteiger partial charge in [0.1, 0.15) is 17.6 Å². The van der Waals surface area contributed by atoms with Gasteiger partial charge in [-0.3, -0.25) is 4.79 Å². The molecule has 1 atom stereocenters. The zero-order valence-electron chi connectivity index (χ0n) is 19.9. The Morgan fingerprint density at radius 1 is 1.09 bits per heavy atom. The molecule has 0 spiro atoms. The molecule has 178 valence electrons. The summed E-state index contributed by atoms with van der Waals surface area (Å²) in [5.74, 6) is 1.34. The highest BCUT2D eigenvalue weighted by molar-refractivity contribution is 5.97. The smallest absolute Gasteiger partial charge is 0.257 e. The molecule has 1 amide bonds. The van der Waals surface area contributed by atoms with Gasteiger partial charge in [0.25, 0.3) is 5.91 Å². The van der Waals surface area contributed by atoms with Crippen LogP contribution in [0.25, 0.3) is 0 Å². The quantitative estimate of drug-likeness (QED) is 0.590. The molecular formula is C26H40N2O4. The van der Waals surface area contributed by atoms with Crippen molar-refractivity contribution < 1.29 is 19.0 Å². The number of carbonyl (C=O) groups is 1. The van der Waals surface area contributed by atoms with E-state index >= 15 is 0 Å². The van der Waals surface area contributed by atoms with Gasteiger partial charge in [-0.05, 0) is 69.6 Å². The highest BCUT2D eigenvalue weighted by atomic mass is 16.5. The summed E-state index contributed by atoms with van der Waals surface area (Å²) in [6.07, 6.45) is 12.2. The number of carbonyl (C=O) groups excluding carboxylic acids is 1. The molecule has 0 bridgehead atoms. The highest BCUT2D eigenvalue weighted by Crippen LogP contribution is 2.30. The Morgan fingerprint density at radius 2 is 1.84 bits per heavy atom. The summed E-state index contributed by atoms with van der Waals surface area (Å²) >= 11 is 0. The van der Waals surface area contributed by atoms with E-state index in [1.54, 1.807) is 12.0 Å². The van der Waals surface area contributed by atoms with Crippen molar-refractivity contribution in [2.24, 2.45) is 0 Å². The summed E-state index contributed by atoms with van der Waals surface area (Å²) < 4.78 is 17.6. The molecule has 0 aromatic heterocycles. The van der Waals surface area contributed by atoms with Crippen LogP contribution in [0.5, 0.6) is 11.5 Å². The Bertz CT molecular complexity index is 735. The van der Waals surface area contributed by atoms with E-state index in [2.05, 4.69) is 4.90 Å². The molecule has 6 heteroatoms. The van der Waals surface area contributed by atoms with E-state index in [0.29, 0.717) is 23.6 Å². The molecule has 1 aromatic rings. The number of methoxy groups -OCH3 is 1. The summed E-state index contributed by atoms with van der Waals surface area (Å²) in [7, 11) is 3.50. The molecule has 1 saturated carbocycles. The van der Waals surface area contributed by atoms with Gasteiger partial charge in [0.15, 0.2) is 0 Å². The summed E-state index contributed by atoms with van der Waals surface area (Å²) in [5.41, 5.74) is 0.592. The van der Waals surface area contributed by atoms with Gasteiger partial charge in [0.2, 0.25) is 0 Å². The average molecular weight is 445 g/mol. The van der Waals surface area contributed by atoms with E-state index < -0.39 is 0 Å². The Morgan fingerprint density at radius 3 is 2.53 bits per heavy atom. The van der Waals surface area contributed by atoms with Crippen LogP contribution in [0, 0.1) is 0 Å². The maximum absolute atomic E-state index is 13.3. The van der Waals surface area contributed by atoms with Gasteiger partial charge < -0.3 is 24.0 Å². The van der Waals surface area contributed by atoms with Crippen LogP contribution in [0.3, 0.4) is 0 Å². The van der Waals surface area contributed by atoms with Crippen LogP contribution in [-0.2, 0) is 4.74 Å². The first kappa shape index (κ1) is 23.4. The molecular weight excluding hydrogens is 404 g/mol. The molecule has 4 rings (SSSR count). The number of ether oxygens (including phenoxy) is 3. The first-order chi connectivity index (χ1) is 15.6. The summed E-state index contributed by atoms with van der Waals surface area (Å²) in [6, 6.07) is 6.37. The van der Waals surface area contributed by atoms with Crippen LogP contribution in [0.4, 0.5) is 0 Å². The van der Waals surface area contributed by atoms with Gasteiger partial charge in [0.05, 0.1) is 18.8 Å². The number of benzene rings is 1. The second kappa shape index (κ2) is 11.4. The van der Waals surface area contributed by atoms with E-state index in [0.717, 1.165) is 57.8 Å². The number of hydrogen-bond acceptors (Lipinski definition) is 5. The predicted octanol–water partition coefficient (Wildman–Crippen LogP) is 4.51. The van der Waals surface area contributed by atoms with Gasteiger partial charge in [-0.25, -0.2) is 0 Å². The largest absolute Gasteiger partial charge is 0.497 e. The molecule has 2 aliphatic heterocycles. The maximum atomic E-state index is 13.3. The van der Waals surface area contributed by atoms with Crippen LogP contribution < -0.4 is 9.47 Å². The van der Waals surface area contributed by atoms with Crippen molar-refractivity contribution in [1.29, 1.82) is 0 Å². The van der Waals surface area contributed by atoms with Gasteiger partial charge in [-0.1, -0.05) is 12.8 Å². The monoisotopic (exact) mass is 444 g/mol. The molecule has 2 saturated heterocycles. The van der Waals surface area contributed by atoms with Gasteiger partial charge in [0, 0.05) is 39.3 Å². The van der Waals surface area contributed by atoms with E-state index in [4.69, 9.17) is 14.2 Å². The SMILES string of the molecule is COc1ccc(OC2CCN(C3CCCC3)CC2)c(C(=O)N(C)CC[C@H]2CCCCO2)c1.